The van der Waals surface area contributed by atoms with E-state index < -0.39 is 0 Å². The van der Waals surface area contributed by atoms with E-state index in [0.29, 0.717) is 12.3 Å². The van der Waals surface area contributed by atoms with Gasteiger partial charge in [-0.05, 0) is 25.7 Å². The molecule has 0 saturated heterocycles. The van der Waals surface area contributed by atoms with Crippen LogP contribution in [0.3, 0.4) is 0 Å². The lowest BCUT2D eigenvalue weighted by molar-refractivity contribution is -0.140. The van der Waals surface area contributed by atoms with Crippen molar-refractivity contribution in [2.75, 3.05) is 7.11 Å². The molecule has 0 aromatic rings. The normalized spacial score (nSPS) is 15.1. The van der Waals surface area contributed by atoms with Crippen molar-refractivity contribution >= 4 is 5.97 Å². The maximum Gasteiger partial charge on any atom is 0.305 e. The number of hydrogen-bond donors (Lipinski definition) is 1. The second kappa shape index (κ2) is 6.89. The molecule has 3 nitrogen and oxygen atoms in total. The molecule has 0 rings (SSSR count). The highest BCUT2D eigenvalue weighted by molar-refractivity contribution is 5.68. The first-order valence-electron chi connectivity index (χ1n) is 4.90. The molecule has 3 heteroatoms. The van der Waals surface area contributed by atoms with Crippen LogP contribution in [0.5, 0.6) is 0 Å². The highest BCUT2D eigenvalue weighted by atomic mass is 16.5. The molecular formula is C10H21NO2. The van der Waals surface area contributed by atoms with Gasteiger partial charge in [0.05, 0.1) is 7.11 Å². The zero-order valence-corrected chi connectivity index (χ0v) is 8.88. The molecule has 13 heavy (non-hydrogen) atoms. The Labute approximate surface area is 80.6 Å². The van der Waals surface area contributed by atoms with Crippen LogP contribution in [0.4, 0.5) is 0 Å². The van der Waals surface area contributed by atoms with Gasteiger partial charge >= 0.3 is 5.97 Å². The Morgan fingerprint density at radius 3 is 2.46 bits per heavy atom. The molecule has 2 unspecified atom stereocenters. The van der Waals surface area contributed by atoms with E-state index in [1.165, 1.54) is 7.11 Å². The second-order valence-electron chi connectivity index (χ2n) is 3.66. The van der Waals surface area contributed by atoms with Gasteiger partial charge in [0.2, 0.25) is 0 Å². The molecule has 0 spiro atoms. The van der Waals surface area contributed by atoms with Gasteiger partial charge in [-0.2, -0.15) is 0 Å². The van der Waals surface area contributed by atoms with E-state index >= 15 is 0 Å². The van der Waals surface area contributed by atoms with E-state index in [1.807, 2.05) is 6.92 Å². The average molecular weight is 187 g/mol. The summed E-state index contributed by atoms with van der Waals surface area (Å²) in [5, 5.41) is 0. The molecule has 78 valence electrons. The first-order valence-corrected chi connectivity index (χ1v) is 4.90. The minimum absolute atomic E-state index is 0.117. The van der Waals surface area contributed by atoms with Crippen LogP contribution in [0.15, 0.2) is 0 Å². The van der Waals surface area contributed by atoms with Crippen molar-refractivity contribution in [1.82, 2.24) is 0 Å². The minimum Gasteiger partial charge on any atom is -0.469 e. The van der Waals surface area contributed by atoms with Crippen molar-refractivity contribution in [2.24, 2.45) is 11.7 Å². The summed E-state index contributed by atoms with van der Waals surface area (Å²) in [5.74, 6) is 0.422. The van der Waals surface area contributed by atoms with Gasteiger partial charge in [0.25, 0.3) is 0 Å². The zero-order valence-electron chi connectivity index (χ0n) is 8.88. The number of unbranched alkanes of at least 4 members (excludes halogenated alkanes) is 1. The Hall–Kier alpha value is -0.570. The maximum absolute atomic E-state index is 10.7. The van der Waals surface area contributed by atoms with Crippen LogP contribution in [0.25, 0.3) is 0 Å². The molecule has 2 N–H and O–H groups in total. The lowest BCUT2D eigenvalue weighted by Gasteiger charge is -2.14. The summed E-state index contributed by atoms with van der Waals surface area (Å²) in [6.45, 7) is 4.16. The topological polar surface area (TPSA) is 52.3 Å². The molecule has 0 amide bonds. The minimum atomic E-state index is -0.117. The van der Waals surface area contributed by atoms with E-state index in [0.717, 1.165) is 19.3 Å². The third-order valence-electron chi connectivity index (χ3n) is 2.42. The van der Waals surface area contributed by atoms with Crippen molar-refractivity contribution in [3.05, 3.63) is 0 Å². The molecular weight excluding hydrogens is 166 g/mol. The lowest BCUT2D eigenvalue weighted by atomic mass is 9.97. The fraction of sp³-hybridized carbons (Fsp3) is 0.900. The summed E-state index contributed by atoms with van der Waals surface area (Å²) in [4.78, 5) is 10.7. The van der Waals surface area contributed by atoms with Crippen molar-refractivity contribution in [3.63, 3.8) is 0 Å². The molecule has 0 aliphatic rings. The van der Waals surface area contributed by atoms with E-state index in [9.17, 15) is 4.79 Å². The lowest BCUT2D eigenvalue weighted by Crippen LogP contribution is -2.23. The number of carbonyl (C=O) groups is 1. The standard InChI is InChI=1S/C10H21NO2/c1-8(9(2)11)6-4-5-7-10(12)13-3/h8-9H,4-7,11H2,1-3H3. The average Bonchev–Trinajstić information content (AvgIpc) is 2.11. The number of carbonyl (C=O) groups excluding carboxylic acids is 1. The van der Waals surface area contributed by atoms with Gasteiger partial charge in [-0.1, -0.05) is 13.3 Å². The van der Waals surface area contributed by atoms with E-state index in [4.69, 9.17) is 5.73 Å². The number of nitrogens with two attached hydrogens (primary N) is 1. The van der Waals surface area contributed by atoms with Gasteiger partial charge < -0.3 is 10.5 Å². The van der Waals surface area contributed by atoms with Crippen LogP contribution >= 0.6 is 0 Å². The predicted octanol–water partition coefficient (Wildman–Crippen LogP) is 1.70. The van der Waals surface area contributed by atoms with Gasteiger partial charge in [0, 0.05) is 12.5 Å². The summed E-state index contributed by atoms with van der Waals surface area (Å²) in [6.07, 6.45) is 3.58. The number of esters is 1. The van der Waals surface area contributed by atoms with Gasteiger partial charge in [0.1, 0.15) is 0 Å². The summed E-state index contributed by atoms with van der Waals surface area (Å²) in [7, 11) is 1.42. The fourth-order valence-corrected chi connectivity index (χ4v) is 1.10. The van der Waals surface area contributed by atoms with Crippen LogP contribution in [0, 0.1) is 5.92 Å². The van der Waals surface area contributed by atoms with Gasteiger partial charge in [0.15, 0.2) is 0 Å². The van der Waals surface area contributed by atoms with Crippen LogP contribution in [0.1, 0.15) is 39.5 Å². The molecule has 0 fully saturated rings. The molecule has 0 aliphatic heterocycles. The van der Waals surface area contributed by atoms with E-state index in [-0.39, 0.29) is 12.0 Å². The molecule has 0 bridgehead atoms. The summed E-state index contributed by atoms with van der Waals surface area (Å²) < 4.78 is 4.54. The van der Waals surface area contributed by atoms with Crippen molar-refractivity contribution in [2.45, 2.75) is 45.6 Å². The summed E-state index contributed by atoms with van der Waals surface area (Å²) in [6, 6.07) is 0.248. The Morgan fingerprint density at radius 2 is 2.00 bits per heavy atom. The first kappa shape index (κ1) is 12.4. The van der Waals surface area contributed by atoms with Crippen LogP contribution in [-0.2, 0) is 9.53 Å². The maximum atomic E-state index is 10.7. The summed E-state index contributed by atoms with van der Waals surface area (Å²) >= 11 is 0. The summed E-state index contributed by atoms with van der Waals surface area (Å²) in [5.41, 5.74) is 5.71. The Kier molecular flexibility index (Phi) is 6.59. The molecule has 0 saturated carbocycles. The highest BCUT2D eigenvalue weighted by Gasteiger charge is 2.07. The van der Waals surface area contributed by atoms with Gasteiger partial charge in [-0.3, -0.25) is 4.79 Å². The third kappa shape index (κ3) is 6.58. The number of ether oxygens (including phenoxy) is 1. The first-order chi connectivity index (χ1) is 6.07. The third-order valence-corrected chi connectivity index (χ3v) is 2.42. The zero-order chi connectivity index (χ0) is 10.3. The Morgan fingerprint density at radius 1 is 1.38 bits per heavy atom. The Balaban J connectivity index is 3.30. The Bertz CT molecular complexity index is 146. The fourth-order valence-electron chi connectivity index (χ4n) is 1.10. The van der Waals surface area contributed by atoms with Crippen LogP contribution < -0.4 is 5.73 Å². The quantitative estimate of drug-likeness (QED) is 0.508. The second-order valence-corrected chi connectivity index (χ2v) is 3.66. The number of methoxy groups -OCH3 is 1. The monoisotopic (exact) mass is 187 g/mol. The molecule has 0 aromatic carbocycles. The highest BCUT2D eigenvalue weighted by Crippen LogP contribution is 2.11. The molecule has 0 heterocycles. The van der Waals surface area contributed by atoms with Crippen molar-refractivity contribution < 1.29 is 9.53 Å². The molecule has 0 radical (unpaired) electrons. The van der Waals surface area contributed by atoms with E-state index in [2.05, 4.69) is 11.7 Å². The predicted molar refractivity (Wildman–Crippen MR) is 53.3 cm³/mol. The van der Waals surface area contributed by atoms with Crippen molar-refractivity contribution in [1.29, 1.82) is 0 Å². The smallest absolute Gasteiger partial charge is 0.305 e. The van der Waals surface area contributed by atoms with E-state index in [1.54, 1.807) is 0 Å². The van der Waals surface area contributed by atoms with Gasteiger partial charge in [-0.25, -0.2) is 0 Å². The molecule has 2 atom stereocenters. The molecule has 0 aliphatic carbocycles. The van der Waals surface area contributed by atoms with Crippen molar-refractivity contribution in [3.8, 4) is 0 Å². The molecule has 0 aromatic heterocycles. The number of rotatable bonds is 6. The largest absolute Gasteiger partial charge is 0.469 e. The van der Waals surface area contributed by atoms with Crippen LogP contribution in [-0.4, -0.2) is 19.1 Å². The SMILES string of the molecule is COC(=O)CCCCC(C)C(C)N. The van der Waals surface area contributed by atoms with Gasteiger partial charge in [-0.15, -0.1) is 0 Å². The number of hydrogen-bond acceptors (Lipinski definition) is 3. The van der Waals surface area contributed by atoms with Crippen LogP contribution in [0.2, 0.25) is 0 Å².